The van der Waals surface area contributed by atoms with Crippen molar-refractivity contribution >= 4 is 16.8 Å². The fourth-order valence-electron chi connectivity index (χ4n) is 3.48. The Morgan fingerprint density at radius 1 is 1.00 bits per heavy atom. The van der Waals surface area contributed by atoms with Crippen molar-refractivity contribution in [2.75, 3.05) is 13.1 Å². The number of likely N-dealkylation sites (tertiary alicyclic amines) is 1. The van der Waals surface area contributed by atoms with E-state index in [4.69, 9.17) is 0 Å². The third-order valence-electron chi connectivity index (χ3n) is 4.87. The molecular formula is C20H19N3O2. The molecule has 4 rings (SSSR count). The number of aromatic amines is 1. The van der Waals surface area contributed by atoms with Crippen LogP contribution in [0.5, 0.6) is 0 Å². The molecule has 0 radical (unpaired) electrons. The van der Waals surface area contributed by atoms with E-state index in [9.17, 15) is 9.59 Å². The van der Waals surface area contributed by atoms with Gasteiger partial charge in [0, 0.05) is 13.1 Å². The fourth-order valence-corrected chi connectivity index (χ4v) is 3.48. The molecule has 1 aliphatic rings. The van der Waals surface area contributed by atoms with Crippen LogP contribution in [0.2, 0.25) is 0 Å². The second kappa shape index (κ2) is 6.51. The highest BCUT2D eigenvalue weighted by Crippen LogP contribution is 2.28. The number of aromatic nitrogens is 2. The van der Waals surface area contributed by atoms with Gasteiger partial charge in [-0.05, 0) is 36.5 Å². The molecule has 1 amide bonds. The molecule has 0 saturated carbocycles. The number of amides is 1. The highest BCUT2D eigenvalue weighted by molar-refractivity contribution is 5.92. The standard InChI is InChI=1S/C20H19N3O2/c24-19-16-8-4-5-9-17(16)21-18(22-19)20(25)23-12-10-15(11-13-23)14-6-2-1-3-7-14/h1-9,15H,10-13H2,(H,21,22,24). The summed E-state index contributed by atoms with van der Waals surface area (Å²) in [5, 5.41) is 0.502. The maximum Gasteiger partial charge on any atom is 0.289 e. The second-order valence-electron chi connectivity index (χ2n) is 6.41. The van der Waals surface area contributed by atoms with Gasteiger partial charge < -0.3 is 9.88 Å². The molecule has 0 bridgehead atoms. The van der Waals surface area contributed by atoms with Crippen LogP contribution in [0.3, 0.4) is 0 Å². The van der Waals surface area contributed by atoms with Crippen molar-refractivity contribution < 1.29 is 4.79 Å². The van der Waals surface area contributed by atoms with E-state index in [0.29, 0.717) is 29.9 Å². The van der Waals surface area contributed by atoms with Crippen molar-refractivity contribution in [3.8, 4) is 0 Å². The Hall–Kier alpha value is -2.95. The summed E-state index contributed by atoms with van der Waals surface area (Å²) >= 11 is 0. The number of benzene rings is 2. The van der Waals surface area contributed by atoms with E-state index < -0.39 is 0 Å². The number of H-pyrrole nitrogens is 1. The number of piperidine rings is 1. The van der Waals surface area contributed by atoms with Crippen LogP contribution in [0.25, 0.3) is 10.9 Å². The van der Waals surface area contributed by atoms with Gasteiger partial charge in [0.25, 0.3) is 11.5 Å². The van der Waals surface area contributed by atoms with Gasteiger partial charge in [0.2, 0.25) is 0 Å². The van der Waals surface area contributed by atoms with Crippen LogP contribution in [0.4, 0.5) is 0 Å². The van der Waals surface area contributed by atoms with E-state index >= 15 is 0 Å². The number of hydrogen-bond donors (Lipinski definition) is 1. The first kappa shape index (κ1) is 15.6. The molecule has 2 heterocycles. The Balaban J connectivity index is 1.52. The number of carbonyl (C=O) groups is 1. The van der Waals surface area contributed by atoms with Gasteiger partial charge in [-0.3, -0.25) is 9.59 Å². The molecule has 0 unspecified atom stereocenters. The lowest BCUT2D eigenvalue weighted by atomic mass is 9.89. The molecule has 3 aromatic rings. The summed E-state index contributed by atoms with van der Waals surface area (Å²) in [6.45, 7) is 1.35. The number of hydrogen-bond acceptors (Lipinski definition) is 3. The average molecular weight is 333 g/mol. The predicted molar refractivity (Wildman–Crippen MR) is 96.7 cm³/mol. The maximum atomic E-state index is 12.7. The highest BCUT2D eigenvalue weighted by Gasteiger charge is 2.26. The maximum absolute atomic E-state index is 12.7. The number of fused-ring (bicyclic) bond motifs is 1. The molecule has 0 aliphatic carbocycles. The quantitative estimate of drug-likeness (QED) is 0.784. The topological polar surface area (TPSA) is 66.1 Å². The Bertz CT molecular complexity index is 957. The molecule has 0 spiro atoms. The van der Waals surface area contributed by atoms with E-state index in [-0.39, 0.29) is 17.3 Å². The van der Waals surface area contributed by atoms with Crippen molar-refractivity contribution in [2.24, 2.45) is 0 Å². The second-order valence-corrected chi connectivity index (χ2v) is 6.41. The predicted octanol–water partition coefficient (Wildman–Crippen LogP) is 2.94. The Morgan fingerprint density at radius 3 is 2.44 bits per heavy atom. The molecule has 5 heteroatoms. The monoisotopic (exact) mass is 333 g/mol. The van der Waals surface area contributed by atoms with Crippen molar-refractivity contribution in [1.29, 1.82) is 0 Å². The molecule has 1 N–H and O–H groups in total. The van der Waals surface area contributed by atoms with Crippen LogP contribution < -0.4 is 5.56 Å². The molecule has 2 aromatic carbocycles. The summed E-state index contributed by atoms with van der Waals surface area (Å²) < 4.78 is 0. The van der Waals surface area contributed by atoms with Crippen molar-refractivity contribution in [2.45, 2.75) is 18.8 Å². The Labute approximate surface area is 145 Å². The zero-order chi connectivity index (χ0) is 17.2. The number of nitrogens with one attached hydrogen (secondary N) is 1. The first-order valence-corrected chi connectivity index (χ1v) is 8.55. The van der Waals surface area contributed by atoms with Crippen molar-refractivity contribution in [3.05, 3.63) is 76.3 Å². The lowest BCUT2D eigenvalue weighted by Crippen LogP contribution is -2.39. The molecule has 1 aliphatic heterocycles. The van der Waals surface area contributed by atoms with Crippen LogP contribution in [-0.4, -0.2) is 33.9 Å². The normalized spacial score (nSPS) is 15.4. The number of rotatable bonds is 2. The lowest BCUT2D eigenvalue weighted by molar-refractivity contribution is 0.0700. The van der Waals surface area contributed by atoms with E-state index in [1.807, 2.05) is 12.1 Å². The summed E-state index contributed by atoms with van der Waals surface area (Å²) in [7, 11) is 0. The molecule has 1 aromatic heterocycles. The molecule has 5 nitrogen and oxygen atoms in total. The molecule has 25 heavy (non-hydrogen) atoms. The lowest BCUT2D eigenvalue weighted by Gasteiger charge is -2.31. The highest BCUT2D eigenvalue weighted by atomic mass is 16.2. The van der Waals surface area contributed by atoms with E-state index in [1.54, 1.807) is 23.1 Å². The molecule has 0 atom stereocenters. The van der Waals surface area contributed by atoms with Crippen LogP contribution in [0, 0.1) is 0 Å². The smallest absolute Gasteiger partial charge is 0.289 e. The third kappa shape index (κ3) is 3.05. The van der Waals surface area contributed by atoms with Crippen LogP contribution >= 0.6 is 0 Å². The van der Waals surface area contributed by atoms with E-state index in [2.05, 4.69) is 34.2 Å². The average Bonchev–Trinajstić information content (AvgIpc) is 2.68. The summed E-state index contributed by atoms with van der Waals surface area (Å²) in [6, 6.07) is 17.5. The van der Waals surface area contributed by atoms with Gasteiger partial charge in [0.15, 0.2) is 5.82 Å². The zero-order valence-electron chi connectivity index (χ0n) is 13.8. The zero-order valence-corrected chi connectivity index (χ0v) is 13.8. The molecule has 126 valence electrons. The Morgan fingerprint density at radius 2 is 1.68 bits per heavy atom. The van der Waals surface area contributed by atoms with Gasteiger partial charge in [0.05, 0.1) is 10.9 Å². The number of nitrogens with zero attached hydrogens (tertiary/aromatic N) is 2. The summed E-state index contributed by atoms with van der Waals surface area (Å²) in [5.41, 5.74) is 1.61. The van der Waals surface area contributed by atoms with Gasteiger partial charge in [0.1, 0.15) is 0 Å². The van der Waals surface area contributed by atoms with Crippen LogP contribution in [0.1, 0.15) is 34.9 Å². The first-order valence-electron chi connectivity index (χ1n) is 8.55. The molecule has 1 saturated heterocycles. The molecule has 1 fully saturated rings. The van der Waals surface area contributed by atoms with Crippen LogP contribution in [0.15, 0.2) is 59.4 Å². The van der Waals surface area contributed by atoms with Gasteiger partial charge in [-0.15, -0.1) is 0 Å². The van der Waals surface area contributed by atoms with E-state index in [0.717, 1.165) is 12.8 Å². The van der Waals surface area contributed by atoms with Crippen molar-refractivity contribution in [1.82, 2.24) is 14.9 Å². The minimum Gasteiger partial charge on any atom is -0.336 e. The fraction of sp³-hybridized carbons (Fsp3) is 0.250. The van der Waals surface area contributed by atoms with Gasteiger partial charge in [-0.2, -0.15) is 0 Å². The SMILES string of the molecule is O=C(c1nc2ccccc2c(=O)[nH]1)N1CCC(c2ccccc2)CC1. The van der Waals surface area contributed by atoms with Crippen molar-refractivity contribution in [3.63, 3.8) is 0 Å². The minimum atomic E-state index is -0.270. The molecular weight excluding hydrogens is 314 g/mol. The van der Waals surface area contributed by atoms with Gasteiger partial charge in [-0.1, -0.05) is 42.5 Å². The first-order chi connectivity index (χ1) is 12.2. The third-order valence-corrected chi connectivity index (χ3v) is 4.87. The number of para-hydroxylation sites is 1. The van der Waals surface area contributed by atoms with Gasteiger partial charge in [-0.25, -0.2) is 4.98 Å². The van der Waals surface area contributed by atoms with Gasteiger partial charge >= 0.3 is 0 Å². The summed E-state index contributed by atoms with van der Waals surface area (Å²) in [4.78, 5) is 33.6. The van der Waals surface area contributed by atoms with Crippen LogP contribution in [-0.2, 0) is 0 Å². The number of carbonyl (C=O) groups excluding carboxylic acids is 1. The van der Waals surface area contributed by atoms with E-state index in [1.165, 1.54) is 5.56 Å². The Kier molecular flexibility index (Phi) is 4.06. The minimum absolute atomic E-state index is 0.127. The largest absolute Gasteiger partial charge is 0.336 e. The summed E-state index contributed by atoms with van der Waals surface area (Å²) in [5.74, 6) is 0.407. The summed E-state index contributed by atoms with van der Waals surface area (Å²) in [6.07, 6.45) is 1.85.